The second-order valence-electron chi connectivity index (χ2n) is 6.47. The first-order chi connectivity index (χ1) is 11.5. The van der Waals surface area contributed by atoms with Crippen LogP contribution in [0.4, 0.5) is 4.79 Å². The standard InChI is InChI=1S/C17H23N5O2/c1-12(16-20-18-11-21(16)2)19-17(24)22(9-13-6-7-13)10-14-4-3-5-15(23)8-14/h3-5,8,11-13,23H,6-7,9-10H2,1-2H3,(H,19,24)/t12-/m1/s1. The van der Waals surface area contributed by atoms with Gasteiger partial charge < -0.3 is 19.9 Å². The lowest BCUT2D eigenvalue weighted by atomic mass is 10.2. The van der Waals surface area contributed by atoms with Crippen molar-refractivity contribution in [3.05, 3.63) is 42.0 Å². The lowest BCUT2D eigenvalue weighted by Crippen LogP contribution is -2.42. The summed E-state index contributed by atoms with van der Waals surface area (Å²) in [5.74, 6) is 1.51. The molecule has 2 amide bonds. The summed E-state index contributed by atoms with van der Waals surface area (Å²) in [6.45, 7) is 3.10. The number of phenolic OH excluding ortho intramolecular Hbond substituents is 1. The molecule has 7 nitrogen and oxygen atoms in total. The van der Waals surface area contributed by atoms with Crippen molar-refractivity contribution < 1.29 is 9.90 Å². The number of amides is 2. The van der Waals surface area contributed by atoms with E-state index in [0.717, 1.165) is 12.1 Å². The number of aromatic nitrogens is 3. The zero-order valence-electron chi connectivity index (χ0n) is 14.0. The largest absolute Gasteiger partial charge is 0.508 e. The fourth-order valence-corrected chi connectivity index (χ4v) is 2.73. The Morgan fingerprint density at radius 1 is 1.50 bits per heavy atom. The molecule has 2 aromatic rings. The van der Waals surface area contributed by atoms with Gasteiger partial charge in [0.2, 0.25) is 0 Å². The molecule has 1 fully saturated rings. The maximum absolute atomic E-state index is 12.7. The number of carbonyl (C=O) groups excluding carboxylic acids is 1. The predicted octanol–water partition coefficient (Wildman–Crippen LogP) is 2.20. The number of hydrogen-bond acceptors (Lipinski definition) is 4. The van der Waals surface area contributed by atoms with Crippen LogP contribution in [-0.4, -0.2) is 37.3 Å². The van der Waals surface area contributed by atoms with Gasteiger partial charge in [-0.1, -0.05) is 12.1 Å². The Morgan fingerprint density at radius 3 is 2.92 bits per heavy atom. The summed E-state index contributed by atoms with van der Waals surface area (Å²) in [6, 6.07) is 6.68. The van der Waals surface area contributed by atoms with E-state index in [-0.39, 0.29) is 17.8 Å². The lowest BCUT2D eigenvalue weighted by molar-refractivity contribution is 0.188. The molecular formula is C17H23N5O2. The fraction of sp³-hybridized carbons (Fsp3) is 0.471. The maximum atomic E-state index is 12.7. The quantitative estimate of drug-likeness (QED) is 0.851. The van der Waals surface area contributed by atoms with Crippen LogP contribution in [0.15, 0.2) is 30.6 Å². The third-order valence-corrected chi connectivity index (χ3v) is 4.22. The van der Waals surface area contributed by atoms with Crippen LogP contribution < -0.4 is 5.32 Å². The third kappa shape index (κ3) is 4.04. The van der Waals surface area contributed by atoms with Gasteiger partial charge in [0, 0.05) is 20.1 Å². The van der Waals surface area contributed by atoms with Crippen molar-refractivity contribution in [2.24, 2.45) is 13.0 Å². The molecule has 0 saturated heterocycles. The third-order valence-electron chi connectivity index (χ3n) is 4.22. The minimum atomic E-state index is -0.226. The van der Waals surface area contributed by atoms with Crippen molar-refractivity contribution in [1.82, 2.24) is 25.0 Å². The van der Waals surface area contributed by atoms with E-state index in [4.69, 9.17) is 0 Å². The van der Waals surface area contributed by atoms with Crippen molar-refractivity contribution >= 4 is 6.03 Å². The zero-order valence-corrected chi connectivity index (χ0v) is 14.0. The number of benzene rings is 1. The minimum absolute atomic E-state index is 0.124. The topological polar surface area (TPSA) is 83.3 Å². The molecule has 1 aromatic carbocycles. The van der Waals surface area contributed by atoms with E-state index in [1.54, 1.807) is 34.0 Å². The van der Waals surface area contributed by atoms with Gasteiger partial charge in [-0.2, -0.15) is 0 Å². The van der Waals surface area contributed by atoms with Crippen molar-refractivity contribution in [3.8, 4) is 5.75 Å². The first kappa shape index (κ1) is 16.3. The van der Waals surface area contributed by atoms with Gasteiger partial charge in [-0.25, -0.2) is 4.79 Å². The smallest absolute Gasteiger partial charge is 0.318 e. The van der Waals surface area contributed by atoms with Crippen LogP contribution in [0.2, 0.25) is 0 Å². The molecule has 1 aliphatic rings. The number of urea groups is 1. The highest BCUT2D eigenvalue weighted by molar-refractivity contribution is 5.74. The number of nitrogens with one attached hydrogen (secondary N) is 1. The Kier molecular flexibility index (Phi) is 4.69. The summed E-state index contributed by atoms with van der Waals surface area (Å²) in [7, 11) is 1.85. The Hall–Kier alpha value is -2.57. The van der Waals surface area contributed by atoms with E-state index in [1.165, 1.54) is 12.8 Å². The van der Waals surface area contributed by atoms with E-state index < -0.39 is 0 Å². The molecule has 24 heavy (non-hydrogen) atoms. The number of nitrogens with zero attached hydrogens (tertiary/aromatic N) is 4. The molecule has 1 saturated carbocycles. The average Bonchev–Trinajstić information content (AvgIpc) is 3.25. The zero-order chi connectivity index (χ0) is 17.1. The van der Waals surface area contributed by atoms with Gasteiger partial charge in [0.1, 0.15) is 12.1 Å². The van der Waals surface area contributed by atoms with Crippen LogP contribution >= 0.6 is 0 Å². The van der Waals surface area contributed by atoms with E-state index in [0.29, 0.717) is 18.3 Å². The molecule has 1 aromatic heterocycles. The van der Waals surface area contributed by atoms with E-state index >= 15 is 0 Å². The second kappa shape index (κ2) is 6.90. The minimum Gasteiger partial charge on any atom is -0.508 e. The van der Waals surface area contributed by atoms with E-state index in [1.807, 2.05) is 20.0 Å². The molecule has 0 radical (unpaired) electrons. The summed E-state index contributed by atoms with van der Waals surface area (Å²) in [4.78, 5) is 14.5. The summed E-state index contributed by atoms with van der Waals surface area (Å²) in [6.07, 6.45) is 3.96. The molecule has 0 bridgehead atoms. The highest BCUT2D eigenvalue weighted by Gasteiger charge is 2.28. The second-order valence-corrected chi connectivity index (χ2v) is 6.47. The van der Waals surface area contributed by atoms with Crippen LogP contribution in [0.1, 0.15) is 37.2 Å². The summed E-state index contributed by atoms with van der Waals surface area (Å²) >= 11 is 0. The Labute approximate surface area is 141 Å². The van der Waals surface area contributed by atoms with Gasteiger partial charge in [-0.3, -0.25) is 0 Å². The lowest BCUT2D eigenvalue weighted by Gasteiger charge is -2.25. The molecule has 1 aliphatic carbocycles. The van der Waals surface area contributed by atoms with E-state index in [2.05, 4.69) is 15.5 Å². The SMILES string of the molecule is C[C@@H](NC(=O)N(Cc1cccc(O)c1)CC1CC1)c1nncn1C. The number of aryl methyl sites for hydroxylation is 1. The Morgan fingerprint density at radius 2 is 2.29 bits per heavy atom. The van der Waals surface area contributed by atoms with Crippen molar-refractivity contribution in [3.63, 3.8) is 0 Å². The van der Waals surface area contributed by atoms with Crippen LogP contribution in [0.5, 0.6) is 5.75 Å². The monoisotopic (exact) mass is 329 g/mol. The molecule has 2 N–H and O–H groups in total. The molecular weight excluding hydrogens is 306 g/mol. The van der Waals surface area contributed by atoms with Crippen LogP contribution in [0, 0.1) is 5.92 Å². The number of aromatic hydroxyl groups is 1. The highest BCUT2D eigenvalue weighted by atomic mass is 16.3. The maximum Gasteiger partial charge on any atom is 0.318 e. The predicted molar refractivity (Wildman–Crippen MR) is 89.2 cm³/mol. The van der Waals surface area contributed by atoms with Gasteiger partial charge in [0.15, 0.2) is 5.82 Å². The molecule has 3 rings (SSSR count). The molecule has 128 valence electrons. The van der Waals surface area contributed by atoms with Crippen molar-refractivity contribution in [2.75, 3.05) is 6.54 Å². The highest BCUT2D eigenvalue weighted by Crippen LogP contribution is 2.30. The number of phenols is 1. The summed E-state index contributed by atoms with van der Waals surface area (Å²) in [5.41, 5.74) is 0.914. The number of hydrogen-bond donors (Lipinski definition) is 2. The van der Waals surface area contributed by atoms with Crippen LogP contribution in [-0.2, 0) is 13.6 Å². The van der Waals surface area contributed by atoms with Gasteiger partial charge in [0.25, 0.3) is 0 Å². The van der Waals surface area contributed by atoms with Gasteiger partial charge in [0.05, 0.1) is 6.04 Å². The molecule has 1 atom stereocenters. The van der Waals surface area contributed by atoms with Crippen LogP contribution in [0.25, 0.3) is 0 Å². The van der Waals surface area contributed by atoms with Gasteiger partial charge in [-0.05, 0) is 43.4 Å². The van der Waals surface area contributed by atoms with Crippen molar-refractivity contribution in [1.29, 1.82) is 0 Å². The molecule has 0 spiro atoms. The Bertz CT molecular complexity index is 711. The average molecular weight is 329 g/mol. The molecule has 7 heteroatoms. The molecule has 0 unspecified atom stereocenters. The summed E-state index contributed by atoms with van der Waals surface area (Å²) in [5, 5.41) is 20.5. The van der Waals surface area contributed by atoms with Gasteiger partial charge >= 0.3 is 6.03 Å². The fourth-order valence-electron chi connectivity index (χ4n) is 2.73. The Balaban J connectivity index is 1.68. The summed E-state index contributed by atoms with van der Waals surface area (Å²) < 4.78 is 1.80. The van der Waals surface area contributed by atoms with E-state index in [9.17, 15) is 9.90 Å². The van der Waals surface area contributed by atoms with Crippen LogP contribution in [0.3, 0.4) is 0 Å². The number of carbonyl (C=O) groups is 1. The normalized spacial score (nSPS) is 15.1. The molecule has 1 heterocycles. The first-order valence-corrected chi connectivity index (χ1v) is 8.20. The number of rotatable bonds is 6. The molecule has 0 aliphatic heterocycles. The first-order valence-electron chi connectivity index (χ1n) is 8.20. The van der Waals surface area contributed by atoms with Gasteiger partial charge in [-0.15, -0.1) is 10.2 Å². The van der Waals surface area contributed by atoms with Crippen molar-refractivity contribution in [2.45, 2.75) is 32.4 Å².